The lowest BCUT2D eigenvalue weighted by atomic mass is 9.73. The second kappa shape index (κ2) is 13.2. The van der Waals surface area contributed by atoms with Crippen LogP contribution in [0.4, 0.5) is 0 Å². The Balaban J connectivity index is 1.11. The molecule has 50 heavy (non-hydrogen) atoms. The van der Waals surface area contributed by atoms with E-state index in [0.717, 1.165) is 11.8 Å². The summed E-state index contributed by atoms with van der Waals surface area (Å²) in [5.74, 6) is -3.93. The van der Waals surface area contributed by atoms with Gasteiger partial charge in [0.15, 0.2) is 17.3 Å². The molecule has 2 amide bonds. The van der Waals surface area contributed by atoms with Crippen molar-refractivity contribution in [3.8, 4) is 17.2 Å². The van der Waals surface area contributed by atoms with Gasteiger partial charge in [-0.05, 0) is 63.9 Å². The number of rotatable bonds is 10. The molecule has 0 spiro atoms. The number of ketones is 4. The number of carbonyl (C=O) groups is 6. The first-order valence-electron chi connectivity index (χ1n) is 17.0. The zero-order valence-electron chi connectivity index (χ0n) is 28.4. The molecule has 1 saturated carbocycles. The van der Waals surface area contributed by atoms with Crippen molar-refractivity contribution in [3.05, 3.63) is 51.6 Å². The van der Waals surface area contributed by atoms with Crippen molar-refractivity contribution in [1.29, 1.82) is 0 Å². The second-order valence-corrected chi connectivity index (χ2v) is 15.5. The lowest BCUT2D eigenvalue weighted by molar-refractivity contribution is -0.139. The van der Waals surface area contributed by atoms with E-state index in [1.807, 2.05) is 6.92 Å². The summed E-state index contributed by atoms with van der Waals surface area (Å²) in [5.41, 5.74) is 2.71. The number of phenolic OH excluding ortho intramolecular Hbond substituents is 2. The molecule has 1 saturated heterocycles. The minimum absolute atomic E-state index is 0.00125. The van der Waals surface area contributed by atoms with Gasteiger partial charge in [-0.15, -0.1) is 11.8 Å². The highest BCUT2D eigenvalue weighted by molar-refractivity contribution is 8.01. The molecule has 12 nitrogen and oxygen atoms in total. The van der Waals surface area contributed by atoms with Gasteiger partial charge in [-0.3, -0.25) is 33.7 Å². The summed E-state index contributed by atoms with van der Waals surface area (Å²) in [4.78, 5) is 80.8. The Labute approximate surface area is 293 Å². The van der Waals surface area contributed by atoms with Crippen LogP contribution < -0.4 is 10.5 Å². The topological polar surface area (TPSA) is 202 Å². The predicted molar refractivity (Wildman–Crippen MR) is 183 cm³/mol. The van der Waals surface area contributed by atoms with Crippen molar-refractivity contribution in [1.82, 2.24) is 4.90 Å². The number of nitrogens with two attached hydrogens (primary N) is 1. The number of amides is 2. The summed E-state index contributed by atoms with van der Waals surface area (Å²) in [7, 11) is 1.35. The molecular formula is C37H42N2O10S. The van der Waals surface area contributed by atoms with Crippen molar-refractivity contribution >= 4 is 46.7 Å². The molecule has 3 aliphatic carbocycles. The molecule has 6 rings (SSSR count). The smallest absolute Gasteiger partial charge is 0.242 e. The van der Waals surface area contributed by atoms with Gasteiger partial charge in [0.1, 0.15) is 22.8 Å². The third kappa shape index (κ3) is 5.92. The molecule has 0 aromatic heterocycles. The molecule has 13 heteroatoms. The maximum Gasteiger partial charge on any atom is 0.242 e. The fourth-order valence-corrected chi connectivity index (χ4v) is 9.00. The highest BCUT2D eigenvalue weighted by Crippen LogP contribution is 2.48. The van der Waals surface area contributed by atoms with Crippen molar-refractivity contribution in [2.24, 2.45) is 17.6 Å². The molecule has 0 radical (unpaired) electrons. The minimum Gasteiger partial charge on any atom is -0.507 e. The molecule has 1 heterocycles. The van der Waals surface area contributed by atoms with E-state index < -0.39 is 57.2 Å². The maximum atomic E-state index is 13.5. The maximum absolute atomic E-state index is 13.5. The molecule has 1 aliphatic heterocycles. The Morgan fingerprint density at radius 1 is 1.02 bits per heavy atom. The number of aliphatic hydroxyl groups is 1. The Hall–Kier alpha value is -4.07. The number of aromatic hydroxyl groups is 2. The summed E-state index contributed by atoms with van der Waals surface area (Å²) in [6.45, 7) is 3.89. The fraction of sp³-hybridized carbons (Fsp3) is 0.514. The highest BCUT2D eigenvalue weighted by Gasteiger charge is 2.47. The Bertz CT molecular complexity index is 1830. The number of Topliss-reactive ketones (excluding diaryl/α,β-unsaturated/α-hetero) is 2. The van der Waals surface area contributed by atoms with Crippen LogP contribution in [0.2, 0.25) is 0 Å². The van der Waals surface area contributed by atoms with E-state index in [1.165, 1.54) is 30.2 Å². The van der Waals surface area contributed by atoms with Gasteiger partial charge in [0.05, 0.1) is 40.3 Å². The number of hydrogen-bond acceptors (Lipinski definition) is 12. The van der Waals surface area contributed by atoms with Crippen LogP contribution in [0.5, 0.6) is 17.2 Å². The van der Waals surface area contributed by atoms with Gasteiger partial charge in [-0.2, -0.15) is 0 Å². The molecule has 2 fully saturated rings. The van der Waals surface area contributed by atoms with Gasteiger partial charge in [-0.25, -0.2) is 0 Å². The SMILES string of the molecule is CCC(C)(N)C(=O)C1CCC(CN2C(=O)CC(SCC(=O)[C@@]3(O)CCc4c(O)c5c(c(O)c4C3)C(=O)c3cccc(OC)c3C5=O)C2=O)CC1. The number of fused-ring (bicyclic) bond motifs is 3. The van der Waals surface area contributed by atoms with Crippen LogP contribution in [0, 0.1) is 11.8 Å². The first kappa shape index (κ1) is 35.7. The Morgan fingerprint density at radius 2 is 1.68 bits per heavy atom. The number of thioether (sulfide) groups is 1. The van der Waals surface area contributed by atoms with E-state index in [4.69, 9.17) is 10.5 Å². The van der Waals surface area contributed by atoms with Crippen molar-refractivity contribution in [2.75, 3.05) is 19.4 Å². The largest absolute Gasteiger partial charge is 0.507 e. The average Bonchev–Trinajstić information content (AvgIpc) is 3.37. The van der Waals surface area contributed by atoms with Crippen LogP contribution in [-0.2, 0) is 32.0 Å². The van der Waals surface area contributed by atoms with E-state index in [9.17, 15) is 44.1 Å². The number of imide groups is 1. The highest BCUT2D eigenvalue weighted by atomic mass is 32.2. The molecule has 2 aromatic carbocycles. The predicted octanol–water partition coefficient (Wildman–Crippen LogP) is 3.03. The van der Waals surface area contributed by atoms with Crippen LogP contribution in [0.15, 0.2) is 18.2 Å². The van der Waals surface area contributed by atoms with Gasteiger partial charge in [0.2, 0.25) is 17.6 Å². The second-order valence-electron chi connectivity index (χ2n) is 14.3. The first-order chi connectivity index (χ1) is 23.6. The van der Waals surface area contributed by atoms with Gasteiger partial charge >= 0.3 is 0 Å². The number of hydrogen-bond donors (Lipinski definition) is 4. The van der Waals surface area contributed by atoms with E-state index in [0.29, 0.717) is 32.1 Å². The summed E-state index contributed by atoms with van der Waals surface area (Å²) >= 11 is 0.977. The molecule has 5 N–H and O–H groups in total. The van der Waals surface area contributed by atoms with Crippen molar-refractivity contribution < 1.29 is 48.8 Å². The number of phenols is 2. The van der Waals surface area contributed by atoms with Gasteiger partial charge < -0.3 is 25.8 Å². The van der Waals surface area contributed by atoms with Gasteiger partial charge in [0.25, 0.3) is 0 Å². The molecular weight excluding hydrogens is 664 g/mol. The molecule has 0 bridgehead atoms. The monoisotopic (exact) mass is 706 g/mol. The number of likely N-dealkylation sites (tertiary alicyclic amines) is 1. The third-order valence-corrected chi connectivity index (χ3v) is 12.4. The van der Waals surface area contributed by atoms with E-state index >= 15 is 0 Å². The van der Waals surface area contributed by atoms with Crippen molar-refractivity contribution in [2.45, 2.75) is 88.0 Å². The Morgan fingerprint density at radius 3 is 2.34 bits per heavy atom. The van der Waals surface area contributed by atoms with Gasteiger partial charge in [-0.1, -0.05) is 19.1 Å². The molecule has 3 atom stereocenters. The van der Waals surface area contributed by atoms with E-state index in [-0.39, 0.29) is 94.6 Å². The average molecular weight is 707 g/mol. The summed E-state index contributed by atoms with van der Waals surface area (Å²) in [6, 6.07) is 4.46. The summed E-state index contributed by atoms with van der Waals surface area (Å²) in [5, 5.41) is 33.3. The zero-order chi connectivity index (χ0) is 36.3. The standard InChI is InChI=1S/C37H42N2O10S/c1-4-36(2,38)34(46)19-10-8-18(9-11-19)16-39-26(41)14-24(35(39)47)50-17-25(40)37(48)13-12-20-22(15-37)32(44)28-29(30(20)42)33(45)27-21(31(28)43)6-5-7-23(27)49-3/h5-7,18-19,24,42,44,48H,4,8-17,38H2,1-3H3/t18?,19?,24?,36?,37-/m1/s1. The minimum atomic E-state index is -1.99. The fourth-order valence-electron chi connectivity index (χ4n) is 7.85. The van der Waals surface area contributed by atoms with Crippen LogP contribution in [0.25, 0.3) is 0 Å². The normalized spacial score (nSPS) is 25.9. The Kier molecular flexibility index (Phi) is 9.46. The third-order valence-electron chi connectivity index (χ3n) is 11.2. The van der Waals surface area contributed by atoms with Gasteiger partial charge in [0, 0.05) is 42.0 Å². The lowest BCUT2D eigenvalue weighted by Gasteiger charge is -2.34. The number of nitrogens with zero attached hydrogens (tertiary/aromatic N) is 1. The quantitative estimate of drug-likeness (QED) is 0.178. The van der Waals surface area contributed by atoms with Crippen LogP contribution in [0.1, 0.15) is 102 Å². The molecule has 4 aliphatic rings. The zero-order valence-corrected chi connectivity index (χ0v) is 29.2. The lowest BCUT2D eigenvalue weighted by Crippen LogP contribution is -2.48. The van der Waals surface area contributed by atoms with Crippen LogP contribution in [-0.4, -0.2) is 91.0 Å². The molecule has 266 valence electrons. The summed E-state index contributed by atoms with van der Waals surface area (Å²) in [6.07, 6.45) is 2.57. The summed E-state index contributed by atoms with van der Waals surface area (Å²) < 4.78 is 5.27. The van der Waals surface area contributed by atoms with Crippen LogP contribution in [0.3, 0.4) is 0 Å². The van der Waals surface area contributed by atoms with E-state index in [1.54, 1.807) is 6.92 Å². The molecule has 2 unspecified atom stereocenters. The van der Waals surface area contributed by atoms with Crippen molar-refractivity contribution in [3.63, 3.8) is 0 Å². The number of methoxy groups -OCH3 is 1. The van der Waals surface area contributed by atoms with Crippen LogP contribution >= 0.6 is 11.8 Å². The first-order valence-corrected chi connectivity index (χ1v) is 18.1. The number of ether oxygens (including phenoxy) is 1. The molecule has 2 aromatic rings. The number of benzene rings is 2. The van der Waals surface area contributed by atoms with E-state index in [2.05, 4.69) is 0 Å². The number of carbonyl (C=O) groups excluding carboxylic acids is 6.